The molecule has 2 atom stereocenters. The minimum absolute atomic E-state index is 0.141. The van der Waals surface area contributed by atoms with Crippen molar-refractivity contribution in [2.75, 3.05) is 14.2 Å². The maximum absolute atomic E-state index is 9.90. The first kappa shape index (κ1) is 19.1. The van der Waals surface area contributed by atoms with Crippen LogP contribution in [0, 0.1) is 11.8 Å². The highest BCUT2D eigenvalue weighted by Crippen LogP contribution is 2.30. The number of aliphatic hydroxyl groups is 1. The van der Waals surface area contributed by atoms with Crippen molar-refractivity contribution in [3.63, 3.8) is 0 Å². The molecule has 0 saturated heterocycles. The molecule has 0 radical (unpaired) electrons. The Morgan fingerprint density at radius 2 is 1.40 bits per heavy atom. The van der Waals surface area contributed by atoms with Gasteiger partial charge in [-0.05, 0) is 54.0 Å². The molecule has 0 spiro atoms. The molecule has 0 amide bonds. The molecule has 2 aromatic rings. The number of aliphatic hydroxyl groups excluding tert-OH is 1. The molecular weight excluding hydrogens is 316 g/mol. The molecule has 0 bridgehead atoms. The lowest BCUT2D eigenvalue weighted by Crippen LogP contribution is -2.14. The lowest BCUT2D eigenvalue weighted by Gasteiger charge is -2.21. The van der Waals surface area contributed by atoms with Gasteiger partial charge in [0.15, 0.2) is 11.5 Å². The molecule has 4 heteroatoms. The van der Waals surface area contributed by atoms with Crippen LogP contribution in [0.2, 0.25) is 0 Å². The van der Waals surface area contributed by atoms with E-state index in [0.717, 1.165) is 29.9 Å². The van der Waals surface area contributed by atoms with Crippen molar-refractivity contribution in [3.05, 3.63) is 53.1 Å². The first-order valence-corrected chi connectivity index (χ1v) is 8.61. The van der Waals surface area contributed by atoms with Gasteiger partial charge in [0.05, 0.1) is 20.8 Å². The molecule has 136 valence electrons. The second-order valence-electron chi connectivity index (χ2n) is 6.67. The van der Waals surface area contributed by atoms with Crippen molar-refractivity contribution in [3.8, 4) is 17.2 Å². The molecule has 0 aliphatic heterocycles. The van der Waals surface area contributed by atoms with Gasteiger partial charge in [0.1, 0.15) is 5.75 Å². The fourth-order valence-electron chi connectivity index (χ4n) is 3.02. The van der Waals surface area contributed by atoms with E-state index in [-0.39, 0.29) is 12.4 Å². The smallest absolute Gasteiger partial charge is 0.160 e. The van der Waals surface area contributed by atoms with Gasteiger partial charge in [-0.1, -0.05) is 32.0 Å². The van der Waals surface area contributed by atoms with Crippen LogP contribution in [0.25, 0.3) is 0 Å². The second-order valence-corrected chi connectivity index (χ2v) is 6.67. The molecular formula is C21H28O4. The third-order valence-electron chi connectivity index (χ3n) is 4.85. The zero-order valence-corrected chi connectivity index (χ0v) is 15.5. The van der Waals surface area contributed by atoms with Gasteiger partial charge >= 0.3 is 0 Å². The summed E-state index contributed by atoms with van der Waals surface area (Å²) in [5.41, 5.74) is 2.87. The largest absolute Gasteiger partial charge is 0.508 e. The number of methoxy groups -OCH3 is 2. The SMILES string of the molecule is COc1ccc(CC(C)C(C)Cc2ccc(CO)c(O)c2)cc1OC. The van der Waals surface area contributed by atoms with Gasteiger partial charge in [-0.25, -0.2) is 0 Å². The van der Waals surface area contributed by atoms with E-state index in [0.29, 0.717) is 17.4 Å². The van der Waals surface area contributed by atoms with Crippen LogP contribution in [-0.4, -0.2) is 24.4 Å². The molecule has 25 heavy (non-hydrogen) atoms. The van der Waals surface area contributed by atoms with Gasteiger partial charge in [0.2, 0.25) is 0 Å². The molecule has 2 unspecified atom stereocenters. The van der Waals surface area contributed by atoms with Gasteiger partial charge in [-0.2, -0.15) is 0 Å². The Morgan fingerprint density at radius 3 is 1.92 bits per heavy atom. The van der Waals surface area contributed by atoms with E-state index in [1.807, 2.05) is 18.2 Å². The summed E-state index contributed by atoms with van der Waals surface area (Å²) in [6.45, 7) is 4.32. The molecule has 0 aromatic heterocycles. The highest BCUT2D eigenvalue weighted by molar-refractivity contribution is 5.43. The maximum atomic E-state index is 9.90. The average Bonchev–Trinajstić information content (AvgIpc) is 2.61. The van der Waals surface area contributed by atoms with E-state index < -0.39 is 0 Å². The molecule has 2 rings (SSSR count). The second kappa shape index (κ2) is 8.77. The van der Waals surface area contributed by atoms with Gasteiger partial charge in [0, 0.05) is 5.56 Å². The van der Waals surface area contributed by atoms with Gasteiger partial charge in [-0.3, -0.25) is 0 Å². The molecule has 0 aliphatic carbocycles. The number of hydrogen-bond acceptors (Lipinski definition) is 4. The molecule has 0 saturated carbocycles. The first-order valence-electron chi connectivity index (χ1n) is 8.61. The normalized spacial score (nSPS) is 13.3. The quantitative estimate of drug-likeness (QED) is 0.761. The Hall–Kier alpha value is -2.20. The monoisotopic (exact) mass is 344 g/mol. The van der Waals surface area contributed by atoms with Crippen molar-refractivity contribution in [1.82, 2.24) is 0 Å². The van der Waals surface area contributed by atoms with Crippen LogP contribution in [-0.2, 0) is 19.4 Å². The number of rotatable bonds is 8. The summed E-state index contributed by atoms with van der Waals surface area (Å²) in [5.74, 6) is 2.58. The first-order chi connectivity index (χ1) is 12.0. The van der Waals surface area contributed by atoms with Crippen LogP contribution in [0.3, 0.4) is 0 Å². The summed E-state index contributed by atoms with van der Waals surface area (Å²) in [4.78, 5) is 0. The minimum atomic E-state index is -0.141. The molecule has 2 N–H and O–H groups in total. The number of ether oxygens (including phenoxy) is 2. The topological polar surface area (TPSA) is 58.9 Å². The highest BCUT2D eigenvalue weighted by Gasteiger charge is 2.16. The van der Waals surface area contributed by atoms with Crippen LogP contribution in [0.1, 0.15) is 30.5 Å². The number of phenols is 1. The summed E-state index contributed by atoms with van der Waals surface area (Å²) in [6, 6.07) is 11.6. The fraction of sp³-hybridized carbons (Fsp3) is 0.429. The molecule has 0 heterocycles. The van der Waals surface area contributed by atoms with Crippen molar-refractivity contribution < 1.29 is 19.7 Å². The standard InChI is InChI=1S/C21H28O4/c1-14(9-16-5-7-18(13-22)19(23)11-16)15(2)10-17-6-8-20(24-3)21(12-17)25-4/h5-8,11-12,14-15,22-23H,9-10,13H2,1-4H3. The van der Waals surface area contributed by atoms with Crippen LogP contribution >= 0.6 is 0 Å². The summed E-state index contributed by atoms with van der Waals surface area (Å²) in [7, 11) is 3.29. The van der Waals surface area contributed by atoms with Crippen LogP contribution in [0.15, 0.2) is 36.4 Å². The number of benzene rings is 2. The minimum Gasteiger partial charge on any atom is -0.508 e. The summed E-state index contributed by atoms with van der Waals surface area (Å²) < 4.78 is 10.7. The lowest BCUT2D eigenvalue weighted by atomic mass is 9.85. The maximum Gasteiger partial charge on any atom is 0.160 e. The van der Waals surface area contributed by atoms with E-state index in [2.05, 4.69) is 19.9 Å². The van der Waals surface area contributed by atoms with E-state index in [4.69, 9.17) is 14.6 Å². The number of aromatic hydroxyl groups is 1. The molecule has 0 aliphatic rings. The zero-order valence-electron chi connectivity index (χ0n) is 15.5. The lowest BCUT2D eigenvalue weighted by molar-refractivity contribution is 0.275. The number of hydrogen-bond donors (Lipinski definition) is 2. The Bertz CT molecular complexity index is 696. The third-order valence-corrected chi connectivity index (χ3v) is 4.85. The Labute approximate surface area is 150 Å². The Balaban J connectivity index is 2.02. The summed E-state index contributed by atoms with van der Waals surface area (Å²) in [6.07, 6.45) is 1.83. The Morgan fingerprint density at radius 1 is 0.840 bits per heavy atom. The highest BCUT2D eigenvalue weighted by atomic mass is 16.5. The third kappa shape index (κ3) is 4.89. The van der Waals surface area contributed by atoms with Gasteiger partial charge in [-0.15, -0.1) is 0 Å². The van der Waals surface area contributed by atoms with Gasteiger partial charge in [0.25, 0.3) is 0 Å². The van der Waals surface area contributed by atoms with Crippen molar-refractivity contribution in [2.24, 2.45) is 11.8 Å². The van der Waals surface area contributed by atoms with E-state index >= 15 is 0 Å². The van der Waals surface area contributed by atoms with Crippen LogP contribution in [0.4, 0.5) is 0 Å². The van der Waals surface area contributed by atoms with Crippen LogP contribution < -0.4 is 9.47 Å². The predicted molar refractivity (Wildman–Crippen MR) is 99.3 cm³/mol. The predicted octanol–water partition coefficient (Wildman–Crippen LogP) is 3.96. The van der Waals surface area contributed by atoms with Crippen molar-refractivity contribution in [2.45, 2.75) is 33.3 Å². The van der Waals surface area contributed by atoms with Crippen molar-refractivity contribution >= 4 is 0 Å². The van der Waals surface area contributed by atoms with E-state index in [1.165, 1.54) is 5.56 Å². The van der Waals surface area contributed by atoms with Crippen LogP contribution in [0.5, 0.6) is 17.2 Å². The summed E-state index contributed by atoms with van der Waals surface area (Å²) in [5, 5.41) is 19.0. The molecule has 4 nitrogen and oxygen atoms in total. The average molecular weight is 344 g/mol. The Kier molecular flexibility index (Phi) is 6.71. The summed E-state index contributed by atoms with van der Waals surface area (Å²) >= 11 is 0. The molecule has 0 fully saturated rings. The zero-order chi connectivity index (χ0) is 18.4. The van der Waals surface area contributed by atoms with E-state index in [1.54, 1.807) is 26.4 Å². The molecule has 2 aromatic carbocycles. The van der Waals surface area contributed by atoms with Gasteiger partial charge < -0.3 is 19.7 Å². The fourth-order valence-corrected chi connectivity index (χ4v) is 3.02. The van der Waals surface area contributed by atoms with Crippen molar-refractivity contribution in [1.29, 1.82) is 0 Å². The van der Waals surface area contributed by atoms with E-state index in [9.17, 15) is 5.11 Å².